The molecule has 0 aliphatic carbocycles. The summed E-state index contributed by atoms with van der Waals surface area (Å²) in [4.78, 5) is 11.6. The Bertz CT molecular complexity index is 970. The maximum absolute atomic E-state index is 14.4. The first-order valence-electron chi connectivity index (χ1n) is 7.92. The third kappa shape index (κ3) is 3.68. The average molecular weight is 412 g/mol. The first kappa shape index (κ1) is 21.3. The van der Waals surface area contributed by atoms with Gasteiger partial charge in [0.1, 0.15) is 29.2 Å². The van der Waals surface area contributed by atoms with Crippen molar-refractivity contribution in [1.82, 2.24) is 9.78 Å². The molecule has 0 spiro atoms. The number of hydrogen-bond acceptors (Lipinski definition) is 6. The van der Waals surface area contributed by atoms with E-state index >= 15 is 0 Å². The molecule has 0 fully saturated rings. The van der Waals surface area contributed by atoms with E-state index in [0.29, 0.717) is 0 Å². The van der Waals surface area contributed by atoms with E-state index in [4.69, 9.17) is 10.5 Å². The molecule has 2 aromatic rings. The number of fused-ring (bicyclic) bond motifs is 1. The number of hydrogen-bond donors (Lipinski definition) is 3. The molecule has 1 unspecified atom stereocenters. The molecule has 0 amide bonds. The van der Waals surface area contributed by atoms with Crippen molar-refractivity contribution >= 4 is 24.2 Å². The lowest BCUT2D eigenvalue weighted by molar-refractivity contribution is -0.133. The molecule has 1 aromatic heterocycles. The summed E-state index contributed by atoms with van der Waals surface area (Å²) in [6.45, 7) is 0.471. The molecular formula is C17H16ClF2N5O3. The zero-order valence-corrected chi connectivity index (χ0v) is 15.2. The van der Waals surface area contributed by atoms with Gasteiger partial charge in [0.2, 0.25) is 0 Å². The lowest BCUT2D eigenvalue weighted by atomic mass is 9.97. The topological polar surface area (TPSA) is 126 Å². The number of carbonyl (C=O) groups is 1. The van der Waals surface area contributed by atoms with Gasteiger partial charge in [0, 0.05) is 18.3 Å². The van der Waals surface area contributed by atoms with Gasteiger partial charge < -0.3 is 20.9 Å². The van der Waals surface area contributed by atoms with Crippen molar-refractivity contribution in [2.75, 3.05) is 18.5 Å². The van der Waals surface area contributed by atoms with Crippen LogP contribution in [-0.4, -0.2) is 34.0 Å². The van der Waals surface area contributed by atoms with Crippen molar-refractivity contribution in [3.05, 3.63) is 58.4 Å². The minimum absolute atomic E-state index is 0. The number of nitrogens with zero attached hydrogens (tertiary/aromatic N) is 3. The number of aliphatic carboxylic acids is 1. The number of nitrogens with two attached hydrogens (primary N) is 1. The van der Waals surface area contributed by atoms with Crippen LogP contribution >= 0.6 is 12.4 Å². The Morgan fingerprint density at radius 2 is 2.21 bits per heavy atom. The third-order valence-corrected chi connectivity index (χ3v) is 4.02. The van der Waals surface area contributed by atoms with Gasteiger partial charge in [-0.05, 0) is 6.07 Å². The third-order valence-electron chi connectivity index (χ3n) is 4.02. The van der Waals surface area contributed by atoms with Crippen molar-refractivity contribution in [3.8, 4) is 6.07 Å². The molecule has 1 atom stereocenters. The Hall–Kier alpha value is -3.00. The highest BCUT2D eigenvalue weighted by molar-refractivity contribution is 5.90. The molecule has 1 aliphatic rings. The monoisotopic (exact) mass is 411 g/mol. The van der Waals surface area contributed by atoms with E-state index in [0.717, 1.165) is 16.9 Å². The molecule has 8 nitrogen and oxygen atoms in total. The molecule has 2 heterocycles. The maximum Gasteiger partial charge on any atom is 0.335 e. The Morgan fingerprint density at radius 3 is 2.86 bits per heavy atom. The summed E-state index contributed by atoms with van der Waals surface area (Å²) in [5.74, 6) is -3.46. The van der Waals surface area contributed by atoms with Crippen molar-refractivity contribution in [2.45, 2.75) is 12.6 Å². The van der Waals surface area contributed by atoms with E-state index in [2.05, 4.69) is 10.4 Å². The molecule has 28 heavy (non-hydrogen) atoms. The van der Waals surface area contributed by atoms with Crippen LogP contribution < -0.4 is 11.1 Å². The largest absolute Gasteiger partial charge is 0.478 e. The normalized spacial score (nSPS) is 14.9. The number of carboxylic acids is 1. The van der Waals surface area contributed by atoms with Crippen molar-refractivity contribution in [3.63, 3.8) is 0 Å². The number of ether oxygens (including phenoxy) is 1. The number of benzene rings is 1. The van der Waals surface area contributed by atoms with Crippen molar-refractivity contribution < 1.29 is 23.4 Å². The Labute approximate surface area is 164 Å². The van der Waals surface area contributed by atoms with Crippen LogP contribution in [0.15, 0.2) is 30.0 Å². The SMILES string of the molecule is Cl.N#Cc1c(COCCN)nn2c1NC=C(C(=O)O)C2c1cccc(F)c1F. The molecule has 0 saturated carbocycles. The smallest absolute Gasteiger partial charge is 0.335 e. The summed E-state index contributed by atoms with van der Waals surface area (Å²) in [7, 11) is 0. The van der Waals surface area contributed by atoms with Crippen LogP contribution in [-0.2, 0) is 16.1 Å². The number of halogens is 3. The summed E-state index contributed by atoms with van der Waals surface area (Å²) >= 11 is 0. The average Bonchev–Trinajstić information content (AvgIpc) is 3.01. The molecule has 0 radical (unpaired) electrons. The van der Waals surface area contributed by atoms with E-state index in [9.17, 15) is 23.9 Å². The van der Waals surface area contributed by atoms with Gasteiger partial charge in [-0.1, -0.05) is 12.1 Å². The second kappa shape index (κ2) is 8.79. The van der Waals surface area contributed by atoms with E-state index in [1.807, 2.05) is 6.07 Å². The van der Waals surface area contributed by atoms with Crippen LogP contribution in [0.2, 0.25) is 0 Å². The molecule has 4 N–H and O–H groups in total. The predicted molar refractivity (Wildman–Crippen MR) is 96.7 cm³/mol. The van der Waals surface area contributed by atoms with Gasteiger partial charge in [-0.3, -0.25) is 0 Å². The number of carboxylic acid groups (broad SMARTS) is 1. The highest BCUT2D eigenvalue weighted by Gasteiger charge is 2.35. The summed E-state index contributed by atoms with van der Waals surface area (Å²) in [6, 6.07) is 4.19. The zero-order valence-electron chi connectivity index (χ0n) is 14.4. The van der Waals surface area contributed by atoms with Crippen LogP contribution in [0.4, 0.5) is 14.6 Å². The fourth-order valence-electron chi connectivity index (χ4n) is 2.84. The summed E-state index contributed by atoms with van der Waals surface area (Å²) in [5, 5.41) is 25.9. The number of nitriles is 1. The van der Waals surface area contributed by atoms with E-state index in [1.54, 1.807) is 0 Å². The minimum atomic E-state index is -1.34. The second-order valence-electron chi connectivity index (χ2n) is 5.66. The molecule has 0 saturated heterocycles. The van der Waals surface area contributed by atoms with Crippen LogP contribution in [0.25, 0.3) is 0 Å². The zero-order chi connectivity index (χ0) is 19.6. The van der Waals surface area contributed by atoms with Crippen LogP contribution in [0.3, 0.4) is 0 Å². The van der Waals surface area contributed by atoms with Crippen molar-refractivity contribution in [2.24, 2.45) is 5.73 Å². The highest BCUT2D eigenvalue weighted by Crippen LogP contribution is 2.37. The van der Waals surface area contributed by atoms with Crippen LogP contribution in [0.1, 0.15) is 22.9 Å². The molecule has 148 valence electrons. The van der Waals surface area contributed by atoms with E-state index in [-0.39, 0.29) is 60.4 Å². The second-order valence-corrected chi connectivity index (χ2v) is 5.66. The lowest BCUT2D eigenvalue weighted by Crippen LogP contribution is -2.27. The molecule has 1 aliphatic heterocycles. The van der Waals surface area contributed by atoms with Crippen LogP contribution in [0, 0.1) is 23.0 Å². The highest BCUT2D eigenvalue weighted by atomic mass is 35.5. The van der Waals surface area contributed by atoms with Gasteiger partial charge in [0.25, 0.3) is 0 Å². The van der Waals surface area contributed by atoms with Gasteiger partial charge in [0.05, 0.1) is 18.8 Å². The fraction of sp³-hybridized carbons (Fsp3) is 0.235. The van der Waals surface area contributed by atoms with E-state index in [1.165, 1.54) is 12.1 Å². The van der Waals surface area contributed by atoms with Crippen LogP contribution in [0.5, 0.6) is 0 Å². The Kier molecular flexibility index (Phi) is 6.69. The van der Waals surface area contributed by atoms with Gasteiger partial charge in [-0.25, -0.2) is 18.3 Å². The number of anilines is 1. The van der Waals surface area contributed by atoms with Gasteiger partial charge in [0.15, 0.2) is 11.6 Å². The van der Waals surface area contributed by atoms with E-state index < -0.39 is 23.6 Å². The minimum Gasteiger partial charge on any atom is -0.478 e. The first-order chi connectivity index (χ1) is 13.0. The quantitative estimate of drug-likeness (QED) is 0.620. The summed E-state index contributed by atoms with van der Waals surface area (Å²) < 4.78 is 34.6. The molecule has 3 rings (SSSR count). The first-order valence-corrected chi connectivity index (χ1v) is 7.92. The summed E-state index contributed by atoms with van der Waals surface area (Å²) in [6.07, 6.45) is 1.14. The van der Waals surface area contributed by atoms with Gasteiger partial charge >= 0.3 is 5.97 Å². The molecule has 1 aromatic carbocycles. The molecular weight excluding hydrogens is 396 g/mol. The van der Waals surface area contributed by atoms with Gasteiger partial charge in [-0.15, -0.1) is 12.4 Å². The predicted octanol–water partition coefficient (Wildman–Crippen LogP) is 1.91. The molecule has 11 heteroatoms. The lowest BCUT2D eigenvalue weighted by Gasteiger charge is -2.25. The Morgan fingerprint density at radius 1 is 1.46 bits per heavy atom. The number of nitrogens with one attached hydrogen (secondary N) is 1. The van der Waals surface area contributed by atoms with Gasteiger partial charge in [-0.2, -0.15) is 10.4 Å². The number of rotatable bonds is 6. The maximum atomic E-state index is 14.4. The molecule has 0 bridgehead atoms. The summed E-state index contributed by atoms with van der Waals surface area (Å²) in [5.41, 5.74) is 5.24. The number of aromatic nitrogens is 2. The standard InChI is InChI=1S/C17H15F2N5O3.ClH/c18-12-3-1-2-9(14(12)19)15-11(17(25)26)7-22-16-10(6-21)13(23-24(15)16)8-27-5-4-20;/h1-3,7,15,22H,4-5,8,20H2,(H,25,26);1H. The fourth-order valence-corrected chi connectivity index (χ4v) is 2.84. The Balaban J connectivity index is 0.00000280. The van der Waals surface area contributed by atoms with Crippen molar-refractivity contribution in [1.29, 1.82) is 5.26 Å².